The summed E-state index contributed by atoms with van der Waals surface area (Å²) in [7, 11) is 4.91. The van der Waals surface area contributed by atoms with E-state index in [1.54, 1.807) is 4.90 Å². The molecule has 0 amide bonds. The third kappa shape index (κ3) is 3.74. The third-order valence-electron chi connectivity index (χ3n) is 1.99. The van der Waals surface area contributed by atoms with Gasteiger partial charge in [0.05, 0.1) is 26.4 Å². The molecule has 1 rings (SSSR count). The second-order valence-electron chi connectivity index (χ2n) is 3.49. The van der Waals surface area contributed by atoms with Crippen LogP contribution in [0.3, 0.4) is 0 Å². The number of methoxy groups -OCH3 is 1. The first kappa shape index (κ1) is 12.9. The Hall–Kier alpha value is -2.12. The Balaban J connectivity index is 2.51. The number of ether oxygens (including phenoxy) is 1. The van der Waals surface area contributed by atoms with E-state index in [4.69, 9.17) is 5.73 Å². The number of aromatic nitrogens is 3. The largest absolute Gasteiger partial charge is 0.464 e. The summed E-state index contributed by atoms with van der Waals surface area (Å²) in [4.78, 5) is 16.9. The highest BCUT2D eigenvalue weighted by molar-refractivity contribution is 5.86. The Morgan fingerprint density at radius 1 is 1.65 bits per heavy atom. The minimum Gasteiger partial charge on any atom is -0.464 e. The monoisotopic (exact) mass is 240 g/mol. The lowest BCUT2D eigenvalue weighted by Crippen LogP contribution is -2.30. The fourth-order valence-corrected chi connectivity index (χ4v) is 1.01. The molecule has 1 aromatic rings. The molecule has 17 heavy (non-hydrogen) atoms. The molecule has 0 aliphatic rings. The van der Waals surface area contributed by atoms with Crippen molar-refractivity contribution in [3.05, 3.63) is 11.9 Å². The van der Waals surface area contributed by atoms with Gasteiger partial charge in [-0.15, -0.1) is 5.10 Å². The van der Waals surface area contributed by atoms with Crippen molar-refractivity contribution in [3.63, 3.8) is 0 Å². The van der Waals surface area contributed by atoms with Crippen molar-refractivity contribution in [1.29, 1.82) is 0 Å². The van der Waals surface area contributed by atoms with E-state index in [2.05, 4.69) is 20.0 Å². The SMILES string of the molecule is COC(=O)c1cn(CCN=C(N)N(C)C)nn1. The van der Waals surface area contributed by atoms with Crippen molar-refractivity contribution in [3.8, 4) is 0 Å². The zero-order chi connectivity index (χ0) is 12.8. The van der Waals surface area contributed by atoms with E-state index in [1.165, 1.54) is 18.0 Å². The molecule has 0 saturated carbocycles. The van der Waals surface area contributed by atoms with E-state index in [0.717, 1.165) is 0 Å². The van der Waals surface area contributed by atoms with E-state index < -0.39 is 5.97 Å². The molecule has 0 unspecified atom stereocenters. The van der Waals surface area contributed by atoms with Crippen molar-refractivity contribution in [2.45, 2.75) is 6.54 Å². The van der Waals surface area contributed by atoms with Crippen LogP contribution in [-0.4, -0.2) is 59.6 Å². The van der Waals surface area contributed by atoms with Crippen molar-refractivity contribution in [2.75, 3.05) is 27.7 Å². The average Bonchev–Trinajstić information content (AvgIpc) is 2.76. The topological polar surface area (TPSA) is 98.6 Å². The molecule has 2 N–H and O–H groups in total. The molecular weight excluding hydrogens is 224 g/mol. The van der Waals surface area contributed by atoms with Crippen molar-refractivity contribution >= 4 is 11.9 Å². The highest BCUT2D eigenvalue weighted by atomic mass is 16.5. The van der Waals surface area contributed by atoms with Gasteiger partial charge in [-0.25, -0.2) is 9.48 Å². The smallest absolute Gasteiger partial charge is 0.360 e. The van der Waals surface area contributed by atoms with Gasteiger partial charge in [0.15, 0.2) is 11.7 Å². The number of carbonyl (C=O) groups is 1. The van der Waals surface area contributed by atoms with Crippen LogP contribution in [0.4, 0.5) is 0 Å². The van der Waals surface area contributed by atoms with Crippen LogP contribution in [0.1, 0.15) is 10.5 Å². The number of nitrogens with zero attached hydrogens (tertiary/aromatic N) is 5. The summed E-state index contributed by atoms with van der Waals surface area (Å²) in [6.07, 6.45) is 1.51. The number of carbonyl (C=O) groups excluding carboxylic acids is 1. The molecule has 0 aromatic carbocycles. The molecule has 8 heteroatoms. The predicted octanol–water partition coefficient (Wildman–Crippen LogP) is -1.06. The molecule has 8 nitrogen and oxygen atoms in total. The van der Waals surface area contributed by atoms with Crippen LogP contribution < -0.4 is 5.73 Å². The van der Waals surface area contributed by atoms with Crippen LogP contribution in [0, 0.1) is 0 Å². The van der Waals surface area contributed by atoms with Gasteiger partial charge < -0.3 is 15.4 Å². The Bertz CT molecular complexity index is 411. The molecule has 0 atom stereocenters. The van der Waals surface area contributed by atoms with Crippen LogP contribution in [0.15, 0.2) is 11.2 Å². The molecule has 0 radical (unpaired) electrons. The minimum absolute atomic E-state index is 0.178. The zero-order valence-electron chi connectivity index (χ0n) is 10.1. The second kappa shape index (κ2) is 5.83. The maximum absolute atomic E-state index is 11.1. The van der Waals surface area contributed by atoms with Gasteiger partial charge in [-0.2, -0.15) is 0 Å². The summed E-state index contributed by atoms with van der Waals surface area (Å²) in [6, 6.07) is 0. The molecule has 1 aromatic heterocycles. The highest BCUT2D eigenvalue weighted by Crippen LogP contribution is 1.95. The third-order valence-corrected chi connectivity index (χ3v) is 1.99. The first-order chi connectivity index (χ1) is 8.04. The Morgan fingerprint density at radius 2 is 2.35 bits per heavy atom. The minimum atomic E-state index is -0.507. The lowest BCUT2D eigenvalue weighted by molar-refractivity contribution is 0.0594. The van der Waals surface area contributed by atoms with Crippen molar-refractivity contribution in [2.24, 2.45) is 10.7 Å². The van der Waals surface area contributed by atoms with Gasteiger partial charge in [0.2, 0.25) is 0 Å². The van der Waals surface area contributed by atoms with E-state index in [0.29, 0.717) is 19.0 Å². The van der Waals surface area contributed by atoms with Crippen LogP contribution in [0.2, 0.25) is 0 Å². The number of guanidine groups is 1. The van der Waals surface area contributed by atoms with Gasteiger partial charge in [-0.05, 0) is 0 Å². The Kier molecular flexibility index (Phi) is 4.44. The number of aliphatic imine (C=N–C) groups is 1. The van der Waals surface area contributed by atoms with E-state index in [1.807, 2.05) is 14.1 Å². The average molecular weight is 240 g/mol. The summed E-state index contributed by atoms with van der Waals surface area (Å²) in [5.41, 5.74) is 5.79. The summed E-state index contributed by atoms with van der Waals surface area (Å²) < 4.78 is 6.03. The molecule has 0 saturated heterocycles. The standard InChI is InChI=1S/C9H16N6O2/c1-14(2)9(10)11-4-5-15-6-7(12-13-15)8(16)17-3/h6H,4-5H2,1-3H3,(H2,10,11). The van der Waals surface area contributed by atoms with Gasteiger partial charge in [0, 0.05) is 14.1 Å². The summed E-state index contributed by atoms with van der Waals surface area (Å²) in [5, 5.41) is 7.44. The van der Waals surface area contributed by atoms with E-state index in [-0.39, 0.29) is 5.69 Å². The number of rotatable bonds is 4. The van der Waals surface area contributed by atoms with Gasteiger partial charge in [-0.1, -0.05) is 5.21 Å². The molecule has 0 aliphatic carbocycles. The second-order valence-corrected chi connectivity index (χ2v) is 3.49. The quantitative estimate of drug-likeness (QED) is 0.409. The molecular formula is C9H16N6O2. The highest BCUT2D eigenvalue weighted by Gasteiger charge is 2.09. The Morgan fingerprint density at radius 3 is 2.94 bits per heavy atom. The van der Waals surface area contributed by atoms with Gasteiger partial charge in [0.1, 0.15) is 0 Å². The molecule has 0 fully saturated rings. The fraction of sp³-hybridized carbons (Fsp3) is 0.556. The van der Waals surface area contributed by atoms with Gasteiger partial charge >= 0.3 is 5.97 Å². The lowest BCUT2D eigenvalue weighted by atomic mass is 10.5. The predicted molar refractivity (Wildman–Crippen MR) is 61.5 cm³/mol. The van der Waals surface area contributed by atoms with Crippen molar-refractivity contribution < 1.29 is 9.53 Å². The van der Waals surface area contributed by atoms with Crippen LogP contribution >= 0.6 is 0 Å². The number of hydrogen-bond donors (Lipinski definition) is 1. The number of esters is 1. The van der Waals surface area contributed by atoms with Crippen molar-refractivity contribution in [1.82, 2.24) is 19.9 Å². The first-order valence-electron chi connectivity index (χ1n) is 5.00. The molecule has 94 valence electrons. The zero-order valence-corrected chi connectivity index (χ0v) is 10.1. The van der Waals surface area contributed by atoms with Crippen LogP contribution in [-0.2, 0) is 11.3 Å². The normalized spacial score (nSPS) is 11.4. The maximum Gasteiger partial charge on any atom is 0.360 e. The molecule has 0 aliphatic heterocycles. The van der Waals surface area contributed by atoms with E-state index in [9.17, 15) is 4.79 Å². The van der Waals surface area contributed by atoms with Gasteiger partial charge in [-0.3, -0.25) is 4.99 Å². The van der Waals surface area contributed by atoms with Crippen LogP contribution in [0.25, 0.3) is 0 Å². The molecule has 1 heterocycles. The Labute approximate surface area is 99.1 Å². The number of hydrogen-bond acceptors (Lipinski definition) is 5. The summed E-state index contributed by atoms with van der Waals surface area (Å²) in [6.45, 7) is 0.965. The molecule has 0 bridgehead atoms. The number of nitrogens with two attached hydrogens (primary N) is 1. The summed E-state index contributed by atoms with van der Waals surface area (Å²) >= 11 is 0. The maximum atomic E-state index is 11.1. The van der Waals surface area contributed by atoms with Crippen LogP contribution in [0.5, 0.6) is 0 Å². The summed E-state index contributed by atoms with van der Waals surface area (Å²) in [5.74, 6) is -0.0640. The fourth-order valence-electron chi connectivity index (χ4n) is 1.01. The van der Waals surface area contributed by atoms with Gasteiger partial charge in [0.25, 0.3) is 0 Å². The lowest BCUT2D eigenvalue weighted by Gasteiger charge is -2.09. The van der Waals surface area contributed by atoms with E-state index >= 15 is 0 Å². The molecule has 0 spiro atoms. The first-order valence-corrected chi connectivity index (χ1v) is 5.00.